The van der Waals surface area contributed by atoms with Gasteiger partial charge in [-0.2, -0.15) is 5.26 Å². The Hall–Kier alpha value is -0.670. The molecule has 0 bridgehead atoms. The molecule has 0 aliphatic rings. The molecule has 0 aliphatic carbocycles. The fourth-order valence-electron chi connectivity index (χ4n) is 0.902. The van der Waals surface area contributed by atoms with E-state index in [0.29, 0.717) is 13.0 Å². The van der Waals surface area contributed by atoms with E-state index in [2.05, 4.69) is 11.4 Å². The molecule has 0 radical (unpaired) electrons. The van der Waals surface area contributed by atoms with Gasteiger partial charge in [-0.1, -0.05) is 0 Å². The van der Waals surface area contributed by atoms with Crippen LogP contribution < -0.4 is 5.32 Å². The van der Waals surface area contributed by atoms with Crippen LogP contribution in [0.25, 0.3) is 0 Å². The zero-order valence-corrected chi connectivity index (χ0v) is 7.99. The molecular weight excluding hydrogens is 172 g/mol. The Morgan fingerprint density at radius 1 is 1.46 bits per heavy atom. The molecule has 0 amide bonds. The van der Waals surface area contributed by atoms with Crippen LogP contribution in [0.5, 0.6) is 0 Å². The second-order valence-electron chi connectivity index (χ2n) is 2.50. The number of aliphatic hydroxyl groups excluding tert-OH is 1. The Morgan fingerprint density at radius 2 is 2.08 bits per heavy atom. The number of ether oxygens (including phenoxy) is 2. The molecule has 0 aromatic carbocycles. The Bertz CT molecular complexity index is 154. The summed E-state index contributed by atoms with van der Waals surface area (Å²) in [7, 11) is 3.04. The van der Waals surface area contributed by atoms with E-state index in [1.54, 1.807) is 0 Å². The lowest BCUT2D eigenvalue weighted by Gasteiger charge is -2.17. The van der Waals surface area contributed by atoms with Crippen LogP contribution in [0.2, 0.25) is 0 Å². The lowest BCUT2D eigenvalue weighted by atomic mass is 10.2. The van der Waals surface area contributed by atoms with E-state index < -0.39 is 0 Å². The second-order valence-corrected chi connectivity index (χ2v) is 2.50. The summed E-state index contributed by atoms with van der Waals surface area (Å²) in [6.45, 7) is 0.418. The summed E-state index contributed by atoms with van der Waals surface area (Å²) in [5.74, 6) is 0. The highest BCUT2D eigenvalue weighted by Crippen LogP contribution is 2.01. The molecule has 0 saturated heterocycles. The van der Waals surface area contributed by atoms with Crippen molar-refractivity contribution in [2.45, 2.75) is 18.8 Å². The molecule has 0 heterocycles. The van der Waals surface area contributed by atoms with Crippen LogP contribution >= 0.6 is 0 Å². The minimum atomic E-state index is -0.379. The van der Waals surface area contributed by atoms with Gasteiger partial charge in [0, 0.05) is 27.2 Å². The first kappa shape index (κ1) is 12.3. The molecule has 0 aromatic heterocycles. The van der Waals surface area contributed by atoms with Crippen molar-refractivity contribution < 1.29 is 14.6 Å². The van der Waals surface area contributed by atoms with E-state index in [0.717, 1.165) is 0 Å². The highest BCUT2D eigenvalue weighted by molar-refractivity contribution is 4.90. The first-order chi connectivity index (χ1) is 6.28. The van der Waals surface area contributed by atoms with Crippen molar-refractivity contribution in [3.8, 4) is 6.07 Å². The Labute approximate surface area is 78.3 Å². The van der Waals surface area contributed by atoms with Crippen LogP contribution in [-0.2, 0) is 9.47 Å². The molecule has 0 aromatic rings. The maximum absolute atomic E-state index is 8.69. The fraction of sp³-hybridized carbons (Fsp3) is 0.875. The summed E-state index contributed by atoms with van der Waals surface area (Å²) < 4.78 is 9.87. The third-order valence-corrected chi connectivity index (χ3v) is 1.61. The van der Waals surface area contributed by atoms with Crippen molar-refractivity contribution in [1.29, 1.82) is 5.26 Å². The number of hydrogen-bond acceptors (Lipinski definition) is 5. The van der Waals surface area contributed by atoms with Crippen LogP contribution in [0.4, 0.5) is 0 Å². The lowest BCUT2D eigenvalue weighted by Crippen LogP contribution is -2.34. The minimum Gasteiger partial charge on any atom is -0.395 e. The predicted octanol–water partition coefficient (Wildman–Crippen LogP) is -0.531. The quantitative estimate of drug-likeness (QED) is 0.525. The Morgan fingerprint density at radius 3 is 2.46 bits per heavy atom. The lowest BCUT2D eigenvalue weighted by molar-refractivity contribution is -0.108. The standard InChI is InChI=1S/C8H16N2O3/c1-12-8(13-2)5-7(6-9)10-3-4-11/h7-8,10-11H,3-5H2,1-2H3. The maximum atomic E-state index is 8.69. The molecule has 5 nitrogen and oxygen atoms in total. The zero-order valence-electron chi connectivity index (χ0n) is 7.99. The number of nitrogens with one attached hydrogen (secondary N) is 1. The number of aliphatic hydroxyl groups is 1. The van der Waals surface area contributed by atoms with E-state index >= 15 is 0 Å². The summed E-state index contributed by atoms with van der Waals surface area (Å²) in [4.78, 5) is 0. The van der Waals surface area contributed by atoms with E-state index in [9.17, 15) is 0 Å². The molecule has 1 atom stereocenters. The van der Waals surface area contributed by atoms with Crippen LogP contribution in [0, 0.1) is 11.3 Å². The van der Waals surface area contributed by atoms with Crippen molar-refractivity contribution in [1.82, 2.24) is 5.32 Å². The van der Waals surface area contributed by atoms with Gasteiger partial charge in [-0.25, -0.2) is 0 Å². The molecule has 1 unspecified atom stereocenters. The average molecular weight is 188 g/mol. The van der Waals surface area contributed by atoms with Crippen LogP contribution in [-0.4, -0.2) is 44.8 Å². The van der Waals surface area contributed by atoms with Crippen molar-refractivity contribution >= 4 is 0 Å². The molecule has 0 rings (SSSR count). The predicted molar refractivity (Wildman–Crippen MR) is 46.9 cm³/mol. The maximum Gasteiger partial charge on any atom is 0.159 e. The third-order valence-electron chi connectivity index (χ3n) is 1.61. The first-order valence-corrected chi connectivity index (χ1v) is 4.08. The molecule has 0 spiro atoms. The molecule has 13 heavy (non-hydrogen) atoms. The molecular formula is C8H16N2O3. The topological polar surface area (TPSA) is 74.5 Å². The van der Waals surface area contributed by atoms with E-state index in [-0.39, 0.29) is 18.9 Å². The van der Waals surface area contributed by atoms with E-state index in [4.69, 9.17) is 19.8 Å². The van der Waals surface area contributed by atoms with E-state index in [1.165, 1.54) is 14.2 Å². The minimum absolute atomic E-state index is 0.0167. The van der Waals surface area contributed by atoms with Gasteiger partial charge in [0.15, 0.2) is 6.29 Å². The van der Waals surface area contributed by atoms with Crippen molar-refractivity contribution in [2.75, 3.05) is 27.4 Å². The Kier molecular flexibility index (Phi) is 7.54. The number of methoxy groups -OCH3 is 2. The summed E-state index contributed by atoms with van der Waals surface area (Å²) in [5.41, 5.74) is 0. The largest absolute Gasteiger partial charge is 0.395 e. The average Bonchev–Trinajstić information content (AvgIpc) is 2.19. The third kappa shape index (κ3) is 5.55. The number of rotatable bonds is 7. The molecule has 5 heteroatoms. The van der Waals surface area contributed by atoms with Gasteiger partial charge in [-0.3, -0.25) is 5.32 Å². The molecule has 0 aliphatic heterocycles. The highest BCUT2D eigenvalue weighted by Gasteiger charge is 2.13. The van der Waals surface area contributed by atoms with Gasteiger partial charge in [0.2, 0.25) is 0 Å². The monoisotopic (exact) mass is 188 g/mol. The van der Waals surface area contributed by atoms with Crippen LogP contribution in [0.1, 0.15) is 6.42 Å². The van der Waals surface area contributed by atoms with Gasteiger partial charge < -0.3 is 14.6 Å². The van der Waals surface area contributed by atoms with E-state index in [1.807, 2.05) is 0 Å². The zero-order chi connectivity index (χ0) is 10.1. The molecule has 2 N–H and O–H groups in total. The summed E-state index contributed by atoms with van der Waals surface area (Å²) in [6.07, 6.45) is 0.0691. The van der Waals surface area contributed by atoms with Crippen molar-refractivity contribution in [3.05, 3.63) is 0 Å². The van der Waals surface area contributed by atoms with Crippen LogP contribution in [0.3, 0.4) is 0 Å². The Balaban J connectivity index is 3.76. The molecule has 0 saturated carbocycles. The van der Waals surface area contributed by atoms with Gasteiger partial charge in [0.1, 0.15) is 6.04 Å². The van der Waals surface area contributed by atoms with Gasteiger partial charge in [0.25, 0.3) is 0 Å². The second kappa shape index (κ2) is 7.95. The normalized spacial score (nSPS) is 12.8. The van der Waals surface area contributed by atoms with Crippen molar-refractivity contribution in [3.63, 3.8) is 0 Å². The number of nitriles is 1. The van der Waals surface area contributed by atoms with Gasteiger partial charge >= 0.3 is 0 Å². The van der Waals surface area contributed by atoms with Gasteiger partial charge in [-0.15, -0.1) is 0 Å². The highest BCUT2D eigenvalue weighted by atomic mass is 16.7. The van der Waals surface area contributed by atoms with Crippen LogP contribution in [0.15, 0.2) is 0 Å². The molecule has 0 fully saturated rings. The van der Waals surface area contributed by atoms with Gasteiger partial charge in [-0.05, 0) is 0 Å². The van der Waals surface area contributed by atoms with Gasteiger partial charge in [0.05, 0.1) is 12.7 Å². The first-order valence-electron chi connectivity index (χ1n) is 4.08. The summed E-state index contributed by atoms with van der Waals surface area (Å²) in [5, 5.41) is 20.1. The summed E-state index contributed by atoms with van der Waals surface area (Å²) >= 11 is 0. The molecule has 76 valence electrons. The fourth-order valence-corrected chi connectivity index (χ4v) is 0.902. The number of hydrogen-bond donors (Lipinski definition) is 2. The number of nitrogens with zero attached hydrogens (tertiary/aromatic N) is 1. The smallest absolute Gasteiger partial charge is 0.159 e. The van der Waals surface area contributed by atoms with Crippen molar-refractivity contribution in [2.24, 2.45) is 0 Å². The SMILES string of the molecule is COC(CC(C#N)NCCO)OC. The summed E-state index contributed by atoms with van der Waals surface area (Å²) in [6, 6.07) is 1.70.